The molecular formula is C23H24N4. The monoisotopic (exact) mass is 356 g/mol. The minimum Gasteiger partial charge on any atom is -0.192 e. The van der Waals surface area contributed by atoms with Gasteiger partial charge in [0.05, 0.1) is 11.4 Å². The fourth-order valence-electron chi connectivity index (χ4n) is 2.70. The van der Waals surface area contributed by atoms with Crippen molar-refractivity contribution < 1.29 is 0 Å². The molecule has 0 saturated heterocycles. The van der Waals surface area contributed by atoms with Crippen molar-refractivity contribution in [2.24, 2.45) is 10.2 Å². The van der Waals surface area contributed by atoms with Crippen LogP contribution < -0.4 is 0 Å². The largest absolute Gasteiger partial charge is 0.192 e. The van der Waals surface area contributed by atoms with Crippen molar-refractivity contribution in [1.29, 1.82) is 0 Å². The zero-order valence-electron chi connectivity index (χ0n) is 15.9. The van der Waals surface area contributed by atoms with E-state index in [1.54, 1.807) is 10.2 Å². The summed E-state index contributed by atoms with van der Waals surface area (Å²) >= 11 is 0. The minimum absolute atomic E-state index is 0.901. The van der Waals surface area contributed by atoms with Crippen molar-refractivity contribution >= 4 is 11.4 Å². The van der Waals surface area contributed by atoms with Crippen molar-refractivity contribution in [3.63, 3.8) is 0 Å². The number of benzene rings is 3. The van der Waals surface area contributed by atoms with Gasteiger partial charge >= 0.3 is 0 Å². The molecule has 136 valence electrons. The van der Waals surface area contributed by atoms with Crippen LogP contribution in [0.1, 0.15) is 23.6 Å². The number of rotatable bonds is 6. The predicted octanol–water partition coefficient (Wildman–Crippen LogP) is 4.64. The average molecular weight is 356 g/mol. The van der Waals surface area contributed by atoms with Gasteiger partial charge in [0.15, 0.2) is 0 Å². The molecule has 27 heavy (non-hydrogen) atoms. The summed E-state index contributed by atoms with van der Waals surface area (Å²) < 4.78 is 0. The summed E-state index contributed by atoms with van der Waals surface area (Å²) in [5, 5.41) is 13.0. The van der Waals surface area contributed by atoms with Gasteiger partial charge in [-0.1, -0.05) is 91.0 Å². The highest BCUT2D eigenvalue weighted by Gasteiger charge is 2.10. The van der Waals surface area contributed by atoms with Gasteiger partial charge in [-0.25, -0.2) is 0 Å². The molecule has 0 saturated carbocycles. The molecule has 4 heteroatoms. The number of hydrogen-bond donors (Lipinski definition) is 0. The van der Waals surface area contributed by atoms with Gasteiger partial charge in [0.25, 0.3) is 0 Å². The molecule has 0 aromatic heterocycles. The molecule has 0 spiro atoms. The van der Waals surface area contributed by atoms with Crippen LogP contribution in [0.25, 0.3) is 0 Å². The van der Waals surface area contributed by atoms with Crippen LogP contribution >= 0.6 is 0 Å². The van der Waals surface area contributed by atoms with Crippen LogP contribution in [0.5, 0.6) is 0 Å². The lowest BCUT2D eigenvalue weighted by molar-refractivity contribution is 0.0336. The van der Waals surface area contributed by atoms with Crippen molar-refractivity contribution in [2.45, 2.75) is 6.92 Å². The van der Waals surface area contributed by atoms with E-state index in [0.29, 0.717) is 0 Å². The molecule has 3 aromatic rings. The molecular weight excluding hydrogens is 332 g/mol. The van der Waals surface area contributed by atoms with Crippen LogP contribution in [0.2, 0.25) is 0 Å². The van der Waals surface area contributed by atoms with Gasteiger partial charge in [-0.3, -0.25) is 0 Å². The van der Waals surface area contributed by atoms with E-state index < -0.39 is 0 Å². The maximum absolute atomic E-state index is 4.83. The number of hydrazone groups is 2. The van der Waals surface area contributed by atoms with Crippen LogP contribution in [0.3, 0.4) is 0 Å². The van der Waals surface area contributed by atoms with E-state index in [4.69, 9.17) is 5.10 Å². The Morgan fingerprint density at radius 3 is 1.37 bits per heavy atom. The van der Waals surface area contributed by atoms with Gasteiger partial charge in [0.1, 0.15) is 0 Å². The summed E-state index contributed by atoms with van der Waals surface area (Å²) in [6.07, 6.45) is 0. The zero-order valence-corrected chi connectivity index (χ0v) is 15.9. The summed E-state index contributed by atoms with van der Waals surface area (Å²) in [6, 6.07) is 30.5. The summed E-state index contributed by atoms with van der Waals surface area (Å²) in [4.78, 5) is 0. The average Bonchev–Trinajstić information content (AvgIpc) is 2.73. The number of hydrogen-bond acceptors (Lipinski definition) is 4. The second kappa shape index (κ2) is 8.81. The van der Waals surface area contributed by atoms with Crippen LogP contribution in [0.15, 0.2) is 101 Å². The first-order valence-corrected chi connectivity index (χ1v) is 8.92. The van der Waals surface area contributed by atoms with Crippen LogP contribution in [0, 0.1) is 0 Å². The predicted molar refractivity (Wildman–Crippen MR) is 113 cm³/mol. The van der Waals surface area contributed by atoms with Gasteiger partial charge in [-0.15, -0.1) is 0 Å². The first-order valence-electron chi connectivity index (χ1n) is 8.92. The molecule has 3 rings (SSSR count). The molecule has 0 aliphatic rings. The molecule has 0 atom stereocenters. The standard InChI is InChI=1S/C23H24N4/c1-19(20-13-7-4-8-14-20)24-26(2)27(3)25-23(21-15-9-5-10-16-21)22-17-11-6-12-18-22/h4-18H,1-3H3. The van der Waals surface area contributed by atoms with Crippen molar-refractivity contribution in [3.05, 3.63) is 108 Å². The number of nitrogens with zero attached hydrogens (tertiary/aromatic N) is 4. The second-order valence-corrected chi connectivity index (χ2v) is 6.21. The molecule has 0 fully saturated rings. The van der Waals surface area contributed by atoms with E-state index in [1.165, 1.54) is 0 Å². The molecule has 4 nitrogen and oxygen atoms in total. The van der Waals surface area contributed by atoms with Crippen LogP contribution in [0.4, 0.5) is 0 Å². The maximum atomic E-state index is 4.83. The Morgan fingerprint density at radius 1 is 0.556 bits per heavy atom. The second-order valence-electron chi connectivity index (χ2n) is 6.21. The third kappa shape index (κ3) is 4.82. The van der Waals surface area contributed by atoms with Gasteiger partial charge in [-0.05, 0) is 12.5 Å². The van der Waals surface area contributed by atoms with Gasteiger partial charge < -0.3 is 0 Å². The molecule has 0 aliphatic carbocycles. The molecule has 0 N–H and O–H groups in total. The lowest BCUT2D eigenvalue weighted by Crippen LogP contribution is -2.30. The molecule has 0 heterocycles. The normalized spacial score (nSPS) is 11.0. The topological polar surface area (TPSA) is 31.2 Å². The highest BCUT2D eigenvalue weighted by atomic mass is 15.9. The van der Waals surface area contributed by atoms with Crippen molar-refractivity contribution in [2.75, 3.05) is 14.1 Å². The van der Waals surface area contributed by atoms with E-state index in [0.717, 1.165) is 28.1 Å². The van der Waals surface area contributed by atoms with E-state index in [9.17, 15) is 0 Å². The quantitative estimate of drug-likeness (QED) is 0.476. The number of hydrazine groups is 1. The smallest absolute Gasteiger partial charge is 0.0996 e. The van der Waals surface area contributed by atoms with Crippen LogP contribution in [-0.4, -0.2) is 35.8 Å². The third-order valence-corrected chi connectivity index (χ3v) is 4.24. The third-order valence-electron chi connectivity index (χ3n) is 4.24. The fraction of sp³-hybridized carbons (Fsp3) is 0.130. The summed E-state index contributed by atoms with van der Waals surface area (Å²) in [6.45, 7) is 2.00. The van der Waals surface area contributed by atoms with Gasteiger partial charge in [0, 0.05) is 25.2 Å². The lowest BCUT2D eigenvalue weighted by Gasteiger charge is -2.24. The molecule has 3 aromatic carbocycles. The van der Waals surface area contributed by atoms with E-state index in [-0.39, 0.29) is 0 Å². The molecule has 0 aliphatic heterocycles. The Morgan fingerprint density at radius 2 is 0.926 bits per heavy atom. The minimum atomic E-state index is 0.901. The lowest BCUT2D eigenvalue weighted by atomic mass is 10.0. The highest BCUT2D eigenvalue weighted by Crippen LogP contribution is 2.12. The van der Waals surface area contributed by atoms with Gasteiger partial charge in [-0.2, -0.15) is 20.4 Å². The summed E-state index contributed by atoms with van der Waals surface area (Å²) in [5.41, 5.74) is 5.05. The van der Waals surface area contributed by atoms with E-state index >= 15 is 0 Å². The van der Waals surface area contributed by atoms with Crippen molar-refractivity contribution in [3.8, 4) is 0 Å². The summed E-state index contributed by atoms with van der Waals surface area (Å²) in [7, 11) is 3.79. The first kappa shape index (κ1) is 18.4. The zero-order chi connectivity index (χ0) is 19.1. The first-order chi connectivity index (χ1) is 13.1. The Kier molecular flexibility index (Phi) is 6.00. The molecule has 0 amide bonds. The van der Waals surface area contributed by atoms with Gasteiger partial charge in [0.2, 0.25) is 0 Å². The molecule has 0 bridgehead atoms. The van der Waals surface area contributed by atoms with E-state index in [2.05, 4.69) is 41.5 Å². The SMILES string of the molecule is CC(=NN(C)N(C)N=C(c1ccccc1)c1ccccc1)c1ccccc1. The van der Waals surface area contributed by atoms with Crippen molar-refractivity contribution in [1.82, 2.24) is 10.2 Å². The summed E-state index contributed by atoms with van der Waals surface area (Å²) in [5.74, 6) is 0. The Labute approximate surface area is 161 Å². The molecule has 0 radical (unpaired) electrons. The Balaban J connectivity index is 1.90. The fourth-order valence-corrected chi connectivity index (χ4v) is 2.70. The Bertz CT molecular complexity index is 861. The van der Waals surface area contributed by atoms with E-state index in [1.807, 2.05) is 75.6 Å². The Hall–Kier alpha value is -3.40. The highest BCUT2D eigenvalue weighted by molar-refractivity contribution is 6.12. The maximum Gasteiger partial charge on any atom is 0.0996 e. The van der Waals surface area contributed by atoms with Crippen LogP contribution in [-0.2, 0) is 0 Å². The molecule has 0 unspecified atom stereocenters.